The molecule has 122 valence electrons. The average molecular weight is 323 g/mol. The molecule has 1 aliphatic rings. The predicted octanol–water partition coefficient (Wildman–Crippen LogP) is 1.18. The van der Waals surface area contributed by atoms with Crippen LogP contribution in [0.1, 0.15) is 12.8 Å². The van der Waals surface area contributed by atoms with Crippen LogP contribution < -0.4 is 5.56 Å². The van der Waals surface area contributed by atoms with E-state index in [-0.39, 0.29) is 18.0 Å². The summed E-state index contributed by atoms with van der Waals surface area (Å²) in [6.45, 7) is 1.50. The standard InChI is InChI=1S/C17H17N5O2/c23-16(20-8-4-5-9-20)11-21-17(24)15-10-14(19-22(15)12-18-21)13-6-2-1-3-7-13/h1-3,6-7,10,12H,4-5,8-9,11H2. The number of aromatic nitrogens is 4. The molecule has 0 unspecified atom stereocenters. The van der Waals surface area contributed by atoms with Gasteiger partial charge in [-0.05, 0) is 18.9 Å². The smallest absolute Gasteiger partial charge is 0.293 e. The minimum absolute atomic E-state index is 0.0266. The highest BCUT2D eigenvalue weighted by atomic mass is 16.2. The van der Waals surface area contributed by atoms with E-state index in [1.165, 1.54) is 15.5 Å². The highest BCUT2D eigenvalue weighted by molar-refractivity contribution is 5.76. The van der Waals surface area contributed by atoms with Crippen LogP contribution in [0.15, 0.2) is 47.5 Å². The first kappa shape index (κ1) is 14.6. The van der Waals surface area contributed by atoms with Crippen molar-refractivity contribution in [3.8, 4) is 11.3 Å². The van der Waals surface area contributed by atoms with E-state index in [0.717, 1.165) is 31.5 Å². The van der Waals surface area contributed by atoms with Gasteiger partial charge in [0.25, 0.3) is 5.56 Å². The Labute approximate surface area is 138 Å². The van der Waals surface area contributed by atoms with Crippen LogP contribution in [-0.4, -0.2) is 43.3 Å². The Bertz CT molecular complexity index is 939. The number of hydrogen-bond acceptors (Lipinski definition) is 4. The average Bonchev–Trinajstić information content (AvgIpc) is 3.28. The van der Waals surface area contributed by atoms with E-state index in [1.807, 2.05) is 30.3 Å². The van der Waals surface area contributed by atoms with E-state index in [4.69, 9.17) is 0 Å². The van der Waals surface area contributed by atoms with Crippen molar-refractivity contribution >= 4 is 11.4 Å². The monoisotopic (exact) mass is 323 g/mol. The molecule has 1 aromatic carbocycles. The Balaban J connectivity index is 1.67. The number of amides is 1. The van der Waals surface area contributed by atoms with E-state index in [0.29, 0.717) is 11.2 Å². The maximum absolute atomic E-state index is 12.6. The largest absolute Gasteiger partial charge is 0.341 e. The summed E-state index contributed by atoms with van der Waals surface area (Å²) in [6, 6.07) is 11.4. The van der Waals surface area contributed by atoms with Gasteiger partial charge >= 0.3 is 0 Å². The molecule has 4 rings (SSSR count). The second-order valence-electron chi connectivity index (χ2n) is 5.91. The quantitative estimate of drug-likeness (QED) is 0.725. The van der Waals surface area contributed by atoms with Crippen LogP contribution in [0.4, 0.5) is 0 Å². The summed E-state index contributed by atoms with van der Waals surface area (Å²) in [5.41, 5.74) is 1.75. The van der Waals surface area contributed by atoms with Gasteiger partial charge in [0.2, 0.25) is 5.91 Å². The summed E-state index contributed by atoms with van der Waals surface area (Å²) in [7, 11) is 0. The van der Waals surface area contributed by atoms with E-state index in [9.17, 15) is 9.59 Å². The maximum atomic E-state index is 12.6. The van der Waals surface area contributed by atoms with Crippen LogP contribution in [0, 0.1) is 0 Å². The summed E-state index contributed by atoms with van der Waals surface area (Å²) in [6.07, 6.45) is 3.52. The predicted molar refractivity (Wildman–Crippen MR) is 88.5 cm³/mol. The van der Waals surface area contributed by atoms with Crippen LogP contribution in [0.5, 0.6) is 0 Å². The van der Waals surface area contributed by atoms with Gasteiger partial charge in [-0.1, -0.05) is 30.3 Å². The third kappa shape index (κ3) is 2.58. The normalized spacial score (nSPS) is 14.4. The Kier molecular flexibility index (Phi) is 3.60. The molecule has 0 bridgehead atoms. The lowest BCUT2D eigenvalue weighted by atomic mass is 10.1. The number of rotatable bonds is 3. The number of hydrogen-bond donors (Lipinski definition) is 0. The topological polar surface area (TPSA) is 72.5 Å². The number of carbonyl (C=O) groups is 1. The van der Waals surface area contributed by atoms with Crippen LogP contribution >= 0.6 is 0 Å². The molecule has 0 atom stereocenters. The van der Waals surface area contributed by atoms with Gasteiger partial charge in [-0.3, -0.25) is 9.59 Å². The SMILES string of the molecule is O=C(Cn1ncn2nc(-c3ccccc3)cc2c1=O)N1CCCC1. The fourth-order valence-corrected chi connectivity index (χ4v) is 3.00. The van der Waals surface area contributed by atoms with E-state index in [1.54, 1.807) is 11.0 Å². The van der Waals surface area contributed by atoms with Gasteiger partial charge in [0, 0.05) is 18.7 Å². The molecule has 1 saturated heterocycles. The minimum atomic E-state index is -0.306. The molecule has 1 amide bonds. The van der Waals surface area contributed by atoms with Crippen LogP contribution in [0.25, 0.3) is 16.8 Å². The fourth-order valence-electron chi connectivity index (χ4n) is 3.00. The molecular formula is C17H17N5O2. The van der Waals surface area contributed by atoms with Crippen molar-refractivity contribution in [3.05, 3.63) is 53.1 Å². The molecule has 7 nitrogen and oxygen atoms in total. The van der Waals surface area contributed by atoms with Crippen molar-refractivity contribution in [1.82, 2.24) is 24.3 Å². The lowest BCUT2D eigenvalue weighted by Gasteiger charge is -2.15. The summed E-state index contributed by atoms with van der Waals surface area (Å²) in [5, 5.41) is 8.47. The van der Waals surface area contributed by atoms with Crippen LogP contribution in [0.3, 0.4) is 0 Å². The van der Waals surface area contributed by atoms with Gasteiger partial charge in [0.15, 0.2) is 0 Å². The molecule has 2 aromatic heterocycles. The van der Waals surface area contributed by atoms with Crippen molar-refractivity contribution in [2.24, 2.45) is 0 Å². The third-order valence-electron chi connectivity index (χ3n) is 4.30. The highest BCUT2D eigenvalue weighted by Crippen LogP contribution is 2.17. The Morgan fingerprint density at radius 2 is 1.88 bits per heavy atom. The first-order valence-electron chi connectivity index (χ1n) is 8.01. The molecule has 0 saturated carbocycles. The molecule has 3 heterocycles. The summed E-state index contributed by atoms with van der Waals surface area (Å²) in [4.78, 5) is 26.6. The van der Waals surface area contributed by atoms with Gasteiger partial charge in [-0.2, -0.15) is 10.2 Å². The summed E-state index contributed by atoms with van der Waals surface area (Å²) in [5.74, 6) is -0.0609. The van der Waals surface area contributed by atoms with Gasteiger partial charge in [0.1, 0.15) is 18.4 Å². The fraction of sp³-hybridized carbons (Fsp3) is 0.294. The van der Waals surface area contributed by atoms with E-state index < -0.39 is 0 Å². The number of fused-ring (bicyclic) bond motifs is 1. The maximum Gasteiger partial charge on any atom is 0.293 e. The molecule has 7 heteroatoms. The molecule has 24 heavy (non-hydrogen) atoms. The van der Waals surface area contributed by atoms with Crippen molar-refractivity contribution in [3.63, 3.8) is 0 Å². The van der Waals surface area contributed by atoms with Crippen molar-refractivity contribution in [1.29, 1.82) is 0 Å². The lowest BCUT2D eigenvalue weighted by molar-refractivity contribution is -0.131. The molecular weight excluding hydrogens is 306 g/mol. The summed E-state index contributed by atoms with van der Waals surface area (Å²) < 4.78 is 2.67. The number of benzene rings is 1. The molecule has 0 aliphatic carbocycles. The van der Waals surface area contributed by atoms with Crippen molar-refractivity contribution in [2.45, 2.75) is 19.4 Å². The minimum Gasteiger partial charge on any atom is -0.341 e. The molecule has 0 N–H and O–H groups in total. The highest BCUT2D eigenvalue weighted by Gasteiger charge is 2.19. The van der Waals surface area contributed by atoms with Crippen molar-refractivity contribution in [2.75, 3.05) is 13.1 Å². The van der Waals surface area contributed by atoms with Gasteiger partial charge in [-0.25, -0.2) is 9.20 Å². The second-order valence-corrected chi connectivity index (χ2v) is 5.91. The molecule has 1 aliphatic heterocycles. The number of nitrogens with zero attached hydrogens (tertiary/aromatic N) is 5. The van der Waals surface area contributed by atoms with Gasteiger partial charge in [0.05, 0.1) is 5.69 Å². The zero-order valence-electron chi connectivity index (χ0n) is 13.1. The van der Waals surface area contributed by atoms with Gasteiger partial charge in [-0.15, -0.1) is 0 Å². The Morgan fingerprint density at radius 3 is 2.62 bits per heavy atom. The van der Waals surface area contributed by atoms with E-state index in [2.05, 4.69) is 10.2 Å². The van der Waals surface area contributed by atoms with Crippen LogP contribution in [-0.2, 0) is 11.3 Å². The summed E-state index contributed by atoms with van der Waals surface area (Å²) >= 11 is 0. The lowest BCUT2D eigenvalue weighted by Crippen LogP contribution is -2.36. The third-order valence-corrected chi connectivity index (χ3v) is 4.30. The van der Waals surface area contributed by atoms with Gasteiger partial charge < -0.3 is 4.90 Å². The van der Waals surface area contributed by atoms with E-state index >= 15 is 0 Å². The Hall–Kier alpha value is -2.96. The van der Waals surface area contributed by atoms with Crippen molar-refractivity contribution < 1.29 is 4.79 Å². The molecule has 0 radical (unpaired) electrons. The zero-order chi connectivity index (χ0) is 16.5. The zero-order valence-corrected chi connectivity index (χ0v) is 13.1. The number of carbonyl (C=O) groups excluding carboxylic acids is 1. The van der Waals surface area contributed by atoms with Crippen LogP contribution in [0.2, 0.25) is 0 Å². The second kappa shape index (κ2) is 5.92. The molecule has 1 fully saturated rings. The molecule has 0 spiro atoms. The first-order valence-corrected chi connectivity index (χ1v) is 8.01. The first-order chi connectivity index (χ1) is 11.7. The number of likely N-dealkylation sites (tertiary alicyclic amines) is 1. The molecule has 3 aromatic rings. The Morgan fingerprint density at radius 1 is 1.12 bits per heavy atom.